The fourth-order valence-electron chi connectivity index (χ4n) is 2.72. The van der Waals surface area contributed by atoms with Crippen molar-refractivity contribution in [2.45, 2.75) is 52.1 Å². The van der Waals surface area contributed by atoms with Crippen LogP contribution in [0, 0.1) is 5.92 Å². The zero-order valence-electron chi connectivity index (χ0n) is 12.2. The normalized spacial score (nSPS) is 24.2. The SMILES string of the molecule is CC(CN(C)C1CCCN(C(C)C)CC1)C(=O)O. The van der Waals surface area contributed by atoms with Crippen molar-refractivity contribution < 1.29 is 9.90 Å². The summed E-state index contributed by atoms with van der Waals surface area (Å²) in [6.45, 7) is 9.25. The van der Waals surface area contributed by atoms with Crippen LogP contribution in [0.3, 0.4) is 0 Å². The van der Waals surface area contributed by atoms with Crippen molar-refractivity contribution in [3.05, 3.63) is 0 Å². The first-order chi connectivity index (χ1) is 8.41. The zero-order chi connectivity index (χ0) is 13.7. The standard InChI is InChI=1S/C14H28N2O2/c1-11(2)16-8-5-6-13(7-9-16)15(4)10-12(3)14(17)18/h11-13H,5-10H2,1-4H3,(H,17,18). The average molecular weight is 256 g/mol. The summed E-state index contributed by atoms with van der Waals surface area (Å²) in [5, 5.41) is 8.96. The Bertz CT molecular complexity index is 269. The van der Waals surface area contributed by atoms with Crippen LogP contribution >= 0.6 is 0 Å². The molecule has 0 aromatic rings. The van der Waals surface area contributed by atoms with E-state index in [1.54, 1.807) is 6.92 Å². The van der Waals surface area contributed by atoms with Crippen LogP contribution in [0.4, 0.5) is 0 Å². The van der Waals surface area contributed by atoms with Crippen molar-refractivity contribution in [2.75, 3.05) is 26.7 Å². The first-order valence-electron chi connectivity index (χ1n) is 7.09. The van der Waals surface area contributed by atoms with Gasteiger partial charge in [-0.1, -0.05) is 6.92 Å². The maximum atomic E-state index is 10.9. The van der Waals surface area contributed by atoms with Gasteiger partial charge in [0.2, 0.25) is 0 Å². The van der Waals surface area contributed by atoms with Crippen molar-refractivity contribution >= 4 is 5.97 Å². The van der Waals surface area contributed by atoms with Gasteiger partial charge < -0.3 is 14.9 Å². The second kappa shape index (κ2) is 7.10. The third kappa shape index (κ3) is 4.58. The van der Waals surface area contributed by atoms with Crippen molar-refractivity contribution in [3.8, 4) is 0 Å². The quantitative estimate of drug-likeness (QED) is 0.816. The van der Waals surface area contributed by atoms with Crippen molar-refractivity contribution in [3.63, 3.8) is 0 Å². The number of hydrogen-bond donors (Lipinski definition) is 1. The van der Waals surface area contributed by atoms with Crippen LogP contribution in [0.2, 0.25) is 0 Å². The van der Waals surface area contributed by atoms with Gasteiger partial charge in [0.05, 0.1) is 5.92 Å². The van der Waals surface area contributed by atoms with Crippen LogP contribution < -0.4 is 0 Å². The van der Waals surface area contributed by atoms with E-state index in [1.165, 1.54) is 19.4 Å². The van der Waals surface area contributed by atoms with E-state index in [9.17, 15) is 4.79 Å². The molecule has 4 nitrogen and oxygen atoms in total. The van der Waals surface area contributed by atoms with Crippen molar-refractivity contribution in [1.29, 1.82) is 0 Å². The van der Waals surface area contributed by atoms with Gasteiger partial charge in [-0.2, -0.15) is 0 Å². The van der Waals surface area contributed by atoms with Crippen LogP contribution in [0.5, 0.6) is 0 Å². The number of carboxylic acids is 1. The van der Waals surface area contributed by atoms with Gasteiger partial charge in [-0.3, -0.25) is 4.79 Å². The molecule has 18 heavy (non-hydrogen) atoms. The van der Waals surface area contributed by atoms with E-state index in [1.807, 2.05) is 0 Å². The van der Waals surface area contributed by atoms with E-state index in [4.69, 9.17) is 5.11 Å². The van der Waals surface area contributed by atoms with Gasteiger partial charge in [-0.25, -0.2) is 0 Å². The summed E-state index contributed by atoms with van der Waals surface area (Å²) >= 11 is 0. The molecule has 1 rings (SSSR count). The molecule has 0 aliphatic carbocycles. The molecule has 1 N–H and O–H groups in total. The molecule has 0 aromatic carbocycles. The van der Waals surface area contributed by atoms with Gasteiger partial charge in [0.25, 0.3) is 0 Å². The molecule has 0 bridgehead atoms. The van der Waals surface area contributed by atoms with Crippen LogP contribution in [0.15, 0.2) is 0 Å². The fraction of sp³-hybridized carbons (Fsp3) is 0.929. The zero-order valence-corrected chi connectivity index (χ0v) is 12.2. The number of nitrogens with zero attached hydrogens (tertiary/aromatic N) is 2. The molecule has 0 saturated carbocycles. The highest BCUT2D eigenvalue weighted by Gasteiger charge is 2.23. The second-order valence-corrected chi connectivity index (χ2v) is 5.89. The summed E-state index contributed by atoms with van der Waals surface area (Å²) in [4.78, 5) is 15.7. The third-order valence-corrected chi connectivity index (χ3v) is 4.07. The first kappa shape index (κ1) is 15.4. The molecule has 2 unspecified atom stereocenters. The van der Waals surface area contributed by atoms with E-state index >= 15 is 0 Å². The summed E-state index contributed by atoms with van der Waals surface area (Å²) in [6, 6.07) is 1.16. The topological polar surface area (TPSA) is 43.8 Å². The maximum absolute atomic E-state index is 10.9. The number of rotatable bonds is 5. The minimum atomic E-state index is -0.695. The molecule has 1 heterocycles. The summed E-state index contributed by atoms with van der Waals surface area (Å²) in [6.07, 6.45) is 3.56. The second-order valence-electron chi connectivity index (χ2n) is 5.89. The summed E-state index contributed by atoms with van der Waals surface area (Å²) in [7, 11) is 2.06. The molecule has 0 amide bonds. The lowest BCUT2D eigenvalue weighted by Crippen LogP contribution is -2.38. The summed E-state index contributed by atoms with van der Waals surface area (Å²) in [5.74, 6) is -0.973. The van der Waals surface area contributed by atoms with Crippen molar-refractivity contribution in [2.24, 2.45) is 5.92 Å². The molecular formula is C14H28N2O2. The van der Waals surface area contributed by atoms with E-state index in [-0.39, 0.29) is 5.92 Å². The number of aliphatic carboxylic acids is 1. The Kier molecular flexibility index (Phi) is 6.09. The highest BCUT2D eigenvalue weighted by atomic mass is 16.4. The van der Waals surface area contributed by atoms with Crippen LogP contribution in [-0.2, 0) is 4.79 Å². The average Bonchev–Trinajstić information content (AvgIpc) is 2.53. The van der Waals surface area contributed by atoms with E-state index in [2.05, 4.69) is 30.7 Å². The number of carboxylic acid groups (broad SMARTS) is 1. The maximum Gasteiger partial charge on any atom is 0.307 e. The molecule has 0 spiro atoms. The van der Waals surface area contributed by atoms with Crippen LogP contribution in [0.1, 0.15) is 40.0 Å². The van der Waals surface area contributed by atoms with Crippen LogP contribution in [-0.4, -0.2) is 59.6 Å². The first-order valence-corrected chi connectivity index (χ1v) is 7.09. The summed E-state index contributed by atoms with van der Waals surface area (Å²) in [5.41, 5.74) is 0. The lowest BCUT2D eigenvalue weighted by Gasteiger charge is -2.29. The van der Waals surface area contributed by atoms with Gasteiger partial charge in [0.1, 0.15) is 0 Å². The van der Waals surface area contributed by atoms with Gasteiger partial charge in [-0.05, 0) is 53.2 Å². The summed E-state index contributed by atoms with van der Waals surface area (Å²) < 4.78 is 0. The predicted octanol–water partition coefficient (Wildman–Crippen LogP) is 1.90. The van der Waals surface area contributed by atoms with Gasteiger partial charge in [0.15, 0.2) is 0 Å². The number of likely N-dealkylation sites (tertiary alicyclic amines) is 1. The Labute approximate surface area is 111 Å². The Morgan fingerprint density at radius 2 is 2.00 bits per heavy atom. The van der Waals surface area contributed by atoms with Crippen LogP contribution in [0.25, 0.3) is 0 Å². The molecule has 1 fully saturated rings. The largest absolute Gasteiger partial charge is 0.481 e. The Morgan fingerprint density at radius 3 is 2.56 bits per heavy atom. The van der Waals surface area contributed by atoms with Gasteiger partial charge >= 0.3 is 5.97 Å². The lowest BCUT2D eigenvalue weighted by molar-refractivity contribution is -0.141. The van der Waals surface area contributed by atoms with E-state index < -0.39 is 5.97 Å². The third-order valence-electron chi connectivity index (χ3n) is 4.07. The minimum absolute atomic E-state index is 0.278. The van der Waals surface area contributed by atoms with Gasteiger partial charge in [0, 0.05) is 18.6 Å². The smallest absolute Gasteiger partial charge is 0.307 e. The van der Waals surface area contributed by atoms with E-state index in [0.29, 0.717) is 18.6 Å². The number of carbonyl (C=O) groups is 1. The minimum Gasteiger partial charge on any atom is -0.481 e. The molecule has 0 radical (unpaired) electrons. The highest BCUT2D eigenvalue weighted by Crippen LogP contribution is 2.18. The molecular weight excluding hydrogens is 228 g/mol. The van der Waals surface area contributed by atoms with Gasteiger partial charge in [-0.15, -0.1) is 0 Å². The Morgan fingerprint density at radius 1 is 1.33 bits per heavy atom. The molecule has 1 aliphatic heterocycles. The number of hydrogen-bond acceptors (Lipinski definition) is 3. The molecule has 1 aliphatic rings. The monoisotopic (exact) mass is 256 g/mol. The lowest BCUT2D eigenvalue weighted by atomic mass is 10.1. The molecule has 106 valence electrons. The Hall–Kier alpha value is -0.610. The van der Waals surface area contributed by atoms with Crippen molar-refractivity contribution in [1.82, 2.24) is 9.80 Å². The Balaban J connectivity index is 2.44. The van der Waals surface area contributed by atoms with E-state index in [0.717, 1.165) is 13.0 Å². The molecule has 1 saturated heterocycles. The molecule has 0 aromatic heterocycles. The molecule has 4 heteroatoms. The fourth-order valence-corrected chi connectivity index (χ4v) is 2.72. The predicted molar refractivity (Wildman–Crippen MR) is 73.8 cm³/mol. The highest BCUT2D eigenvalue weighted by molar-refractivity contribution is 5.69. The molecule has 2 atom stereocenters.